The van der Waals surface area contributed by atoms with Gasteiger partial charge in [-0.3, -0.25) is 0 Å². The quantitative estimate of drug-likeness (QED) is 0.770. The van der Waals surface area contributed by atoms with Crippen LogP contribution in [-0.4, -0.2) is 17.4 Å². The summed E-state index contributed by atoms with van der Waals surface area (Å²) in [5, 5.41) is 8.66. The van der Waals surface area contributed by atoms with Crippen LogP contribution < -0.4 is 10.5 Å². The fourth-order valence-corrected chi connectivity index (χ4v) is 1.15. The maximum atomic E-state index is 12.0. The van der Waals surface area contributed by atoms with Gasteiger partial charge in [0.15, 0.2) is 5.75 Å². The van der Waals surface area contributed by atoms with Crippen LogP contribution in [0, 0.1) is 6.92 Å². The van der Waals surface area contributed by atoms with Crippen molar-refractivity contribution in [3.8, 4) is 5.75 Å². The number of hydrogen-bond donors (Lipinski definition) is 2. The number of hydrogen-bond acceptors (Lipinski definition) is 3. The minimum absolute atomic E-state index is 0.111. The number of aryl methyl sites for hydroxylation is 1. The summed E-state index contributed by atoms with van der Waals surface area (Å²) in [6.45, 7) is 1.34. The molecule has 1 rings (SSSR count). The molecule has 3 N–H and O–H groups in total. The van der Waals surface area contributed by atoms with Crippen molar-refractivity contribution in [2.24, 2.45) is 0 Å². The van der Waals surface area contributed by atoms with Crippen molar-refractivity contribution in [1.82, 2.24) is 0 Å². The monoisotopic (exact) mass is 235 g/mol. The molecule has 1 aromatic carbocycles. The van der Waals surface area contributed by atoms with Crippen molar-refractivity contribution < 1.29 is 27.8 Å². The van der Waals surface area contributed by atoms with Gasteiger partial charge in [0, 0.05) is 0 Å². The minimum atomic E-state index is -4.91. The molecule has 88 valence electrons. The van der Waals surface area contributed by atoms with Crippen LogP contribution in [0.1, 0.15) is 15.9 Å². The number of carboxylic acid groups (broad SMARTS) is 1. The SMILES string of the molecule is Cc1ccc(C(=O)O)c(N)c1OC(F)(F)F. The van der Waals surface area contributed by atoms with Gasteiger partial charge in [-0.1, -0.05) is 6.07 Å². The van der Waals surface area contributed by atoms with Crippen LogP contribution in [0.2, 0.25) is 0 Å². The molecule has 1 aromatic rings. The second kappa shape index (κ2) is 3.92. The van der Waals surface area contributed by atoms with Gasteiger partial charge in [-0.15, -0.1) is 13.2 Å². The standard InChI is InChI=1S/C9H8F3NO3/c1-4-2-3-5(8(14)15)6(13)7(4)16-9(10,11)12/h2-3H,13H2,1H3,(H,14,15). The lowest BCUT2D eigenvalue weighted by molar-refractivity contribution is -0.274. The molecule has 16 heavy (non-hydrogen) atoms. The van der Waals surface area contributed by atoms with E-state index in [-0.39, 0.29) is 5.56 Å². The Hall–Kier alpha value is -1.92. The van der Waals surface area contributed by atoms with Crippen LogP contribution >= 0.6 is 0 Å². The predicted molar refractivity (Wildman–Crippen MR) is 49.2 cm³/mol. The highest BCUT2D eigenvalue weighted by Gasteiger charge is 2.33. The van der Waals surface area contributed by atoms with Crippen molar-refractivity contribution in [1.29, 1.82) is 0 Å². The summed E-state index contributed by atoms with van der Waals surface area (Å²) in [6, 6.07) is 2.32. The molecular formula is C9H8F3NO3. The number of nitrogens with two attached hydrogens (primary N) is 1. The van der Waals surface area contributed by atoms with Crippen molar-refractivity contribution in [3.63, 3.8) is 0 Å². The zero-order valence-corrected chi connectivity index (χ0v) is 8.13. The Balaban J connectivity index is 3.27. The van der Waals surface area contributed by atoms with Gasteiger partial charge in [0.1, 0.15) is 0 Å². The molecule has 0 aliphatic rings. The van der Waals surface area contributed by atoms with Crippen molar-refractivity contribution in [3.05, 3.63) is 23.3 Å². The highest BCUT2D eigenvalue weighted by Crippen LogP contribution is 2.33. The Morgan fingerprint density at radius 3 is 2.44 bits per heavy atom. The molecule has 0 aromatic heterocycles. The second-order valence-electron chi connectivity index (χ2n) is 3.03. The molecule has 0 fully saturated rings. The van der Waals surface area contributed by atoms with Crippen LogP contribution in [-0.2, 0) is 0 Å². The number of ether oxygens (including phenoxy) is 1. The Morgan fingerprint density at radius 2 is 2.00 bits per heavy atom. The van der Waals surface area contributed by atoms with E-state index in [0.29, 0.717) is 0 Å². The van der Waals surface area contributed by atoms with E-state index in [9.17, 15) is 18.0 Å². The third-order valence-corrected chi connectivity index (χ3v) is 1.84. The number of aromatic carboxylic acids is 1. The molecular weight excluding hydrogens is 227 g/mol. The summed E-state index contributed by atoms with van der Waals surface area (Å²) in [7, 11) is 0. The molecule has 0 atom stereocenters. The molecule has 0 aliphatic carbocycles. The van der Waals surface area contributed by atoms with E-state index in [1.54, 1.807) is 0 Å². The van der Waals surface area contributed by atoms with Crippen LogP contribution in [0.5, 0.6) is 5.75 Å². The largest absolute Gasteiger partial charge is 0.573 e. The fourth-order valence-electron chi connectivity index (χ4n) is 1.15. The average Bonchev–Trinajstić information content (AvgIpc) is 2.10. The number of halogens is 3. The maximum absolute atomic E-state index is 12.0. The van der Waals surface area contributed by atoms with Crippen LogP contribution in [0.15, 0.2) is 12.1 Å². The lowest BCUT2D eigenvalue weighted by atomic mass is 10.1. The van der Waals surface area contributed by atoms with E-state index in [4.69, 9.17) is 10.8 Å². The van der Waals surface area contributed by atoms with Gasteiger partial charge in [-0.05, 0) is 18.6 Å². The van der Waals surface area contributed by atoms with E-state index in [2.05, 4.69) is 4.74 Å². The summed E-state index contributed by atoms with van der Waals surface area (Å²) in [6.07, 6.45) is -4.91. The lowest BCUT2D eigenvalue weighted by Crippen LogP contribution is -2.19. The van der Waals surface area contributed by atoms with Crippen LogP contribution in [0.4, 0.5) is 18.9 Å². The molecule has 0 heterocycles. The van der Waals surface area contributed by atoms with E-state index in [1.807, 2.05) is 0 Å². The first-order valence-electron chi connectivity index (χ1n) is 4.10. The first kappa shape index (κ1) is 12.2. The van der Waals surface area contributed by atoms with Crippen molar-refractivity contribution in [2.75, 3.05) is 5.73 Å². The fraction of sp³-hybridized carbons (Fsp3) is 0.222. The van der Waals surface area contributed by atoms with Gasteiger partial charge in [-0.25, -0.2) is 4.79 Å². The van der Waals surface area contributed by atoms with Crippen LogP contribution in [0.3, 0.4) is 0 Å². The molecule has 0 spiro atoms. The molecule has 7 heteroatoms. The zero-order chi connectivity index (χ0) is 12.5. The summed E-state index contributed by atoms with van der Waals surface area (Å²) in [5.74, 6) is -2.09. The highest BCUT2D eigenvalue weighted by atomic mass is 19.4. The van der Waals surface area contributed by atoms with E-state index in [0.717, 1.165) is 6.07 Å². The first-order valence-corrected chi connectivity index (χ1v) is 4.10. The third kappa shape index (κ3) is 2.56. The summed E-state index contributed by atoms with van der Waals surface area (Å²) >= 11 is 0. The molecule has 0 aliphatic heterocycles. The molecule has 0 radical (unpaired) electrons. The third-order valence-electron chi connectivity index (χ3n) is 1.84. The van der Waals surface area contributed by atoms with Gasteiger partial charge in [0.2, 0.25) is 0 Å². The topological polar surface area (TPSA) is 72.5 Å². The molecule has 0 saturated heterocycles. The van der Waals surface area contributed by atoms with E-state index in [1.165, 1.54) is 13.0 Å². The average molecular weight is 235 g/mol. The summed E-state index contributed by atoms with van der Waals surface area (Å²) in [5.41, 5.74) is 4.43. The Labute approximate surface area is 88.4 Å². The smallest absolute Gasteiger partial charge is 0.478 e. The maximum Gasteiger partial charge on any atom is 0.573 e. The molecule has 0 saturated carbocycles. The number of rotatable bonds is 2. The van der Waals surface area contributed by atoms with Gasteiger partial charge in [-0.2, -0.15) is 0 Å². The van der Waals surface area contributed by atoms with Crippen molar-refractivity contribution >= 4 is 11.7 Å². The van der Waals surface area contributed by atoms with Gasteiger partial charge >= 0.3 is 12.3 Å². The molecule has 0 bridgehead atoms. The minimum Gasteiger partial charge on any atom is -0.478 e. The normalized spacial score (nSPS) is 11.2. The highest BCUT2D eigenvalue weighted by molar-refractivity contribution is 5.95. The number of carboxylic acids is 1. The van der Waals surface area contributed by atoms with Gasteiger partial charge in [0.25, 0.3) is 0 Å². The Morgan fingerprint density at radius 1 is 1.44 bits per heavy atom. The number of alkyl halides is 3. The molecule has 4 nitrogen and oxygen atoms in total. The lowest BCUT2D eigenvalue weighted by Gasteiger charge is -2.14. The summed E-state index contributed by atoms with van der Waals surface area (Å²) < 4.78 is 39.7. The Kier molecular flexibility index (Phi) is 2.97. The molecule has 0 unspecified atom stereocenters. The van der Waals surface area contributed by atoms with E-state index < -0.39 is 29.3 Å². The van der Waals surface area contributed by atoms with E-state index >= 15 is 0 Å². The Bertz CT molecular complexity index is 429. The zero-order valence-electron chi connectivity index (χ0n) is 8.13. The van der Waals surface area contributed by atoms with Crippen molar-refractivity contribution in [2.45, 2.75) is 13.3 Å². The number of carbonyl (C=O) groups is 1. The van der Waals surface area contributed by atoms with Gasteiger partial charge < -0.3 is 15.6 Å². The first-order chi connectivity index (χ1) is 7.22. The number of nitrogen functional groups attached to an aromatic ring is 1. The molecule has 0 amide bonds. The predicted octanol–water partition coefficient (Wildman–Crippen LogP) is 2.17. The second-order valence-corrected chi connectivity index (χ2v) is 3.03. The number of benzene rings is 1. The summed E-state index contributed by atoms with van der Waals surface area (Å²) in [4.78, 5) is 10.6. The van der Waals surface area contributed by atoms with Crippen LogP contribution in [0.25, 0.3) is 0 Å². The van der Waals surface area contributed by atoms with Gasteiger partial charge in [0.05, 0.1) is 11.3 Å². The number of anilines is 1.